The quantitative estimate of drug-likeness (QED) is 0.395. The molecule has 8 nitrogen and oxygen atoms in total. The minimum Gasteiger partial charge on any atom is -0.481 e. The Morgan fingerprint density at radius 3 is 2.64 bits per heavy atom. The van der Waals surface area contributed by atoms with Crippen molar-refractivity contribution in [2.75, 3.05) is 13.2 Å². The number of oxime groups is 1. The number of ether oxygens (including phenoxy) is 1. The number of aliphatic hydroxyl groups is 1. The Bertz CT molecular complexity index is 1020. The average Bonchev–Trinajstić information content (AvgIpc) is 3.17. The van der Waals surface area contributed by atoms with Gasteiger partial charge in [0.25, 0.3) is 5.91 Å². The number of nitrogens with one attached hydrogen (secondary N) is 1. The number of hydrogen-bond acceptors (Lipinski definition) is 6. The highest BCUT2D eigenvalue weighted by molar-refractivity contribution is 5.96. The zero-order valence-electron chi connectivity index (χ0n) is 24.2. The number of carboxylic acid groups (broad SMARTS) is 1. The number of rotatable bonds is 7. The fraction of sp³-hybridized carbons (Fsp3) is 0.839. The monoisotopic (exact) mass is 544 g/mol. The topological polar surface area (TPSA) is 117 Å². The van der Waals surface area contributed by atoms with Crippen LogP contribution in [0, 0.1) is 34.5 Å². The summed E-state index contributed by atoms with van der Waals surface area (Å²) in [7, 11) is 0. The van der Waals surface area contributed by atoms with Crippen molar-refractivity contribution in [1.82, 2.24) is 5.32 Å². The number of allylic oxidation sites excluding steroid dienone is 2. The molecule has 8 atom stereocenters. The lowest BCUT2D eigenvalue weighted by molar-refractivity contribution is -0.139. The van der Waals surface area contributed by atoms with E-state index in [1.807, 2.05) is 13.8 Å². The lowest BCUT2D eigenvalue weighted by atomic mass is 9.47. The van der Waals surface area contributed by atoms with Gasteiger partial charge < -0.3 is 25.1 Å². The van der Waals surface area contributed by atoms with Crippen LogP contribution in [0.15, 0.2) is 16.8 Å². The van der Waals surface area contributed by atoms with E-state index in [2.05, 4.69) is 30.4 Å². The molecule has 4 aliphatic carbocycles. The molecule has 218 valence electrons. The van der Waals surface area contributed by atoms with E-state index in [1.165, 1.54) is 18.4 Å². The second-order valence-electron chi connectivity index (χ2n) is 14.1. The summed E-state index contributed by atoms with van der Waals surface area (Å²) in [6.45, 7) is 9.10. The zero-order valence-corrected chi connectivity index (χ0v) is 24.2. The Morgan fingerprint density at radius 1 is 1.10 bits per heavy atom. The maximum absolute atomic E-state index is 12.7. The number of carbonyl (C=O) groups is 2. The van der Waals surface area contributed by atoms with Gasteiger partial charge in [-0.25, -0.2) is 0 Å². The molecule has 0 aromatic rings. The molecule has 5 rings (SSSR count). The fourth-order valence-electron chi connectivity index (χ4n) is 9.18. The van der Waals surface area contributed by atoms with Gasteiger partial charge in [-0.05, 0) is 119 Å². The molecule has 3 saturated carbocycles. The predicted molar refractivity (Wildman–Crippen MR) is 148 cm³/mol. The first-order chi connectivity index (χ1) is 18.4. The third kappa shape index (κ3) is 5.65. The lowest BCUT2D eigenvalue weighted by Crippen LogP contribution is -2.51. The highest BCUT2D eigenvalue weighted by atomic mass is 16.6. The Morgan fingerprint density at radius 2 is 1.90 bits per heavy atom. The average molecular weight is 545 g/mol. The van der Waals surface area contributed by atoms with Crippen molar-refractivity contribution in [3.8, 4) is 0 Å². The maximum Gasteiger partial charge on any atom is 0.305 e. The van der Waals surface area contributed by atoms with Gasteiger partial charge in [0.2, 0.25) is 0 Å². The number of aliphatic hydroxyl groups excluding tert-OH is 1. The van der Waals surface area contributed by atoms with Crippen LogP contribution in [-0.4, -0.2) is 58.8 Å². The van der Waals surface area contributed by atoms with Crippen molar-refractivity contribution in [3.05, 3.63) is 11.6 Å². The molecule has 5 aliphatic rings. The molecule has 3 N–H and O–H groups in total. The van der Waals surface area contributed by atoms with Crippen molar-refractivity contribution >= 4 is 17.6 Å². The smallest absolute Gasteiger partial charge is 0.305 e. The minimum absolute atomic E-state index is 0.0427. The number of nitrogens with zero attached hydrogens (tertiary/aromatic N) is 1. The molecule has 1 amide bonds. The van der Waals surface area contributed by atoms with Crippen LogP contribution in [0.5, 0.6) is 0 Å². The molecule has 0 bridgehead atoms. The van der Waals surface area contributed by atoms with Crippen molar-refractivity contribution in [2.45, 2.75) is 116 Å². The number of carboxylic acids is 1. The van der Waals surface area contributed by atoms with Crippen LogP contribution >= 0.6 is 0 Å². The number of fused-ring (bicyclic) bond motifs is 5. The van der Waals surface area contributed by atoms with E-state index in [-0.39, 0.29) is 47.4 Å². The van der Waals surface area contributed by atoms with Crippen molar-refractivity contribution in [3.63, 3.8) is 0 Å². The fourth-order valence-corrected chi connectivity index (χ4v) is 9.18. The Hall–Kier alpha value is -1.93. The van der Waals surface area contributed by atoms with Crippen molar-refractivity contribution < 1.29 is 29.4 Å². The lowest BCUT2D eigenvalue weighted by Gasteiger charge is -2.57. The second kappa shape index (κ2) is 10.8. The van der Waals surface area contributed by atoms with E-state index in [1.54, 1.807) is 0 Å². The Kier molecular flexibility index (Phi) is 7.92. The summed E-state index contributed by atoms with van der Waals surface area (Å²) >= 11 is 0. The highest BCUT2D eigenvalue weighted by Crippen LogP contribution is 2.65. The van der Waals surface area contributed by atoms with Gasteiger partial charge in [-0.3, -0.25) is 9.59 Å². The molecular formula is C31H48N2O6. The highest BCUT2D eigenvalue weighted by Gasteiger charge is 2.58. The van der Waals surface area contributed by atoms with Gasteiger partial charge in [-0.1, -0.05) is 24.6 Å². The summed E-state index contributed by atoms with van der Waals surface area (Å²) in [4.78, 5) is 29.7. The van der Waals surface area contributed by atoms with Crippen LogP contribution < -0.4 is 5.32 Å². The third-order valence-electron chi connectivity index (χ3n) is 11.3. The van der Waals surface area contributed by atoms with Crippen LogP contribution in [-0.2, 0) is 19.2 Å². The molecule has 4 fully saturated rings. The normalized spacial score (nSPS) is 41.0. The van der Waals surface area contributed by atoms with Gasteiger partial charge in [0.1, 0.15) is 0 Å². The summed E-state index contributed by atoms with van der Waals surface area (Å²) in [6, 6.07) is -0.458. The third-order valence-corrected chi connectivity index (χ3v) is 11.3. The zero-order chi connectivity index (χ0) is 28.0. The maximum atomic E-state index is 12.7. The molecule has 8 heteroatoms. The predicted octanol–water partition coefficient (Wildman–Crippen LogP) is 4.85. The van der Waals surface area contributed by atoms with E-state index in [0.717, 1.165) is 50.7 Å². The van der Waals surface area contributed by atoms with Crippen molar-refractivity contribution in [2.24, 2.45) is 39.7 Å². The molecule has 0 radical (unpaired) electrons. The molecule has 0 aromatic carbocycles. The first kappa shape index (κ1) is 28.6. The van der Waals surface area contributed by atoms with Crippen molar-refractivity contribution in [1.29, 1.82) is 0 Å². The number of aliphatic carboxylic acids is 1. The molecule has 0 spiro atoms. The second-order valence-corrected chi connectivity index (χ2v) is 14.1. The molecular weight excluding hydrogens is 496 g/mol. The van der Waals surface area contributed by atoms with Crippen LogP contribution in [0.25, 0.3) is 0 Å². The van der Waals surface area contributed by atoms with E-state index < -0.39 is 12.0 Å². The molecule has 1 heterocycles. The van der Waals surface area contributed by atoms with E-state index in [0.29, 0.717) is 30.8 Å². The first-order valence-corrected chi connectivity index (χ1v) is 15.1. The van der Waals surface area contributed by atoms with Crippen LogP contribution in [0.2, 0.25) is 0 Å². The molecule has 0 unspecified atom stereocenters. The van der Waals surface area contributed by atoms with E-state index in [4.69, 9.17) is 9.57 Å². The SMILES string of the molecule is CC1(C)C[C@H]([C@H](CC(=O)O)NC(=O)CO/N=C2/C=C3CC[C@@H]4[C@@H]5CC[C@H](O)[C@@]5(C)CC[C@@H]4[C@@]3(C)CC2)CCO1. The van der Waals surface area contributed by atoms with Gasteiger partial charge in [-0.15, -0.1) is 0 Å². The number of hydrogen-bond donors (Lipinski definition) is 3. The number of amides is 1. The van der Waals surface area contributed by atoms with E-state index >= 15 is 0 Å². The summed E-state index contributed by atoms with van der Waals surface area (Å²) in [5.41, 5.74) is 2.30. The van der Waals surface area contributed by atoms with Gasteiger partial charge >= 0.3 is 5.97 Å². The largest absolute Gasteiger partial charge is 0.481 e. The Balaban J connectivity index is 1.18. The van der Waals surface area contributed by atoms with Crippen LogP contribution in [0.3, 0.4) is 0 Å². The van der Waals surface area contributed by atoms with Gasteiger partial charge in [0.15, 0.2) is 6.61 Å². The van der Waals surface area contributed by atoms with Gasteiger partial charge in [0.05, 0.1) is 23.8 Å². The molecule has 0 aromatic heterocycles. The molecule has 39 heavy (non-hydrogen) atoms. The summed E-state index contributed by atoms with van der Waals surface area (Å²) in [6.07, 6.45) is 11.9. The van der Waals surface area contributed by atoms with Crippen LogP contribution in [0.1, 0.15) is 98.3 Å². The standard InChI is InChI=1S/C31H48N2O6/c1-29(2)17-19(11-14-38-29)25(16-28(36)37)32-27(35)18-39-33-21-9-12-30(3)20(15-21)5-6-22-23-7-8-26(34)31(23,4)13-10-24(22)30/h15,19,22-26,34H,5-14,16-18H2,1-4H3,(H,32,35)(H,36,37)/b33-21+/t19-,22-,23+,24+,25+,26+,30+,31+/m1/s1. The van der Waals surface area contributed by atoms with Crippen LogP contribution in [0.4, 0.5) is 0 Å². The summed E-state index contributed by atoms with van der Waals surface area (Å²) in [5, 5.41) is 27.3. The molecule has 1 aliphatic heterocycles. The van der Waals surface area contributed by atoms with E-state index in [9.17, 15) is 19.8 Å². The van der Waals surface area contributed by atoms with Gasteiger partial charge in [-0.2, -0.15) is 0 Å². The number of carbonyl (C=O) groups excluding carboxylic acids is 1. The Labute approximate surface area is 233 Å². The van der Waals surface area contributed by atoms with Gasteiger partial charge in [0, 0.05) is 12.6 Å². The first-order valence-electron chi connectivity index (χ1n) is 15.1. The summed E-state index contributed by atoms with van der Waals surface area (Å²) in [5.74, 6) is 0.772. The minimum atomic E-state index is -0.927. The summed E-state index contributed by atoms with van der Waals surface area (Å²) < 4.78 is 5.77. The molecule has 1 saturated heterocycles.